The Bertz CT molecular complexity index is 581. The SMILES string of the molecule is C=CN=C(C)c1[nH]c(=O)c(C)cccccc1C. The van der Waals surface area contributed by atoms with Gasteiger partial charge in [-0.3, -0.25) is 9.79 Å². The molecule has 0 aliphatic rings. The predicted octanol–water partition coefficient (Wildman–Crippen LogP) is 3.07. The molecular weight excluding hydrogens is 224 g/mol. The second-order valence-electron chi connectivity index (χ2n) is 4.00. The molecule has 0 unspecified atom stereocenters. The molecule has 0 saturated heterocycles. The zero-order valence-corrected chi connectivity index (χ0v) is 11.0. The largest absolute Gasteiger partial charge is 0.320 e. The summed E-state index contributed by atoms with van der Waals surface area (Å²) >= 11 is 0. The lowest BCUT2D eigenvalue weighted by molar-refractivity contribution is 1.16. The molecule has 0 radical (unpaired) electrons. The Labute approximate surface area is 107 Å². The molecule has 0 aliphatic heterocycles. The first-order valence-electron chi connectivity index (χ1n) is 5.75. The van der Waals surface area contributed by atoms with E-state index in [1.54, 1.807) is 13.0 Å². The molecule has 94 valence electrons. The number of rotatable bonds is 2. The molecule has 0 aliphatic carbocycles. The van der Waals surface area contributed by atoms with E-state index in [2.05, 4.69) is 16.6 Å². The van der Waals surface area contributed by atoms with E-state index in [0.29, 0.717) is 5.56 Å². The number of H-pyrrole nitrogens is 1. The summed E-state index contributed by atoms with van der Waals surface area (Å²) in [6.45, 7) is 9.12. The molecule has 0 aromatic carbocycles. The monoisotopic (exact) mass is 242 g/mol. The number of nitrogens with zero attached hydrogens (tertiary/aromatic N) is 1. The minimum Gasteiger partial charge on any atom is -0.320 e. The number of aromatic nitrogens is 1. The fourth-order valence-corrected chi connectivity index (χ4v) is 1.51. The molecule has 1 aromatic rings. The summed E-state index contributed by atoms with van der Waals surface area (Å²) in [7, 11) is 0. The van der Waals surface area contributed by atoms with E-state index in [9.17, 15) is 4.79 Å². The Morgan fingerprint density at radius 2 is 1.83 bits per heavy atom. The smallest absolute Gasteiger partial charge is 0.251 e. The van der Waals surface area contributed by atoms with Crippen molar-refractivity contribution in [2.24, 2.45) is 4.99 Å². The van der Waals surface area contributed by atoms with E-state index >= 15 is 0 Å². The fourth-order valence-electron chi connectivity index (χ4n) is 1.51. The molecule has 1 N–H and O–H groups in total. The van der Waals surface area contributed by atoms with Gasteiger partial charge in [0.2, 0.25) is 0 Å². The summed E-state index contributed by atoms with van der Waals surface area (Å²) in [4.78, 5) is 18.9. The number of hydrogen-bond donors (Lipinski definition) is 1. The van der Waals surface area contributed by atoms with Gasteiger partial charge in [0.15, 0.2) is 0 Å². The number of nitrogens with one attached hydrogen (secondary N) is 1. The molecule has 1 heterocycles. The van der Waals surface area contributed by atoms with Crippen LogP contribution in [0.2, 0.25) is 0 Å². The van der Waals surface area contributed by atoms with Crippen molar-refractivity contribution >= 4 is 5.71 Å². The number of aliphatic imine (C=N–C) groups is 1. The second kappa shape index (κ2) is 6.55. The Hall–Kier alpha value is -2.16. The summed E-state index contributed by atoms with van der Waals surface area (Å²) in [5.41, 5.74) is 2.93. The average molecular weight is 242 g/mol. The van der Waals surface area contributed by atoms with Crippen LogP contribution in [0.5, 0.6) is 0 Å². The van der Waals surface area contributed by atoms with E-state index in [-0.39, 0.29) is 5.56 Å². The van der Waals surface area contributed by atoms with Crippen LogP contribution >= 0.6 is 0 Å². The summed E-state index contributed by atoms with van der Waals surface area (Å²) in [5.74, 6) is 0. The fraction of sp³-hybridized carbons (Fsp3) is 0.200. The van der Waals surface area contributed by atoms with Gasteiger partial charge in [-0.05, 0) is 26.3 Å². The highest BCUT2D eigenvalue weighted by atomic mass is 16.1. The number of aromatic amines is 1. The first-order valence-corrected chi connectivity index (χ1v) is 5.75. The molecule has 18 heavy (non-hydrogen) atoms. The predicted molar refractivity (Wildman–Crippen MR) is 76.6 cm³/mol. The molecule has 3 nitrogen and oxygen atoms in total. The first-order chi connectivity index (χ1) is 8.56. The van der Waals surface area contributed by atoms with Crippen molar-refractivity contribution in [2.45, 2.75) is 20.8 Å². The Kier molecular flexibility index (Phi) is 5.06. The maximum Gasteiger partial charge on any atom is 0.251 e. The first kappa shape index (κ1) is 13.9. The van der Waals surface area contributed by atoms with Crippen LogP contribution in [0.25, 0.3) is 0 Å². The molecule has 3 heteroatoms. The Morgan fingerprint density at radius 1 is 1.22 bits per heavy atom. The standard InChI is InChI=1S/C15H18N2O/c1-5-16-13(4)14-11(2)9-7-6-8-10-12(3)15(18)17-14/h5-10H,1H2,2-4H3,(H,17,18). The van der Waals surface area contributed by atoms with Crippen molar-refractivity contribution in [3.05, 3.63) is 70.3 Å². The van der Waals surface area contributed by atoms with Crippen molar-refractivity contribution in [3.63, 3.8) is 0 Å². The lowest BCUT2D eigenvalue weighted by Crippen LogP contribution is -2.12. The van der Waals surface area contributed by atoms with Crippen molar-refractivity contribution in [2.75, 3.05) is 0 Å². The van der Waals surface area contributed by atoms with Crippen molar-refractivity contribution < 1.29 is 0 Å². The van der Waals surface area contributed by atoms with E-state index in [4.69, 9.17) is 0 Å². The zero-order chi connectivity index (χ0) is 13.5. The number of aryl methyl sites for hydroxylation is 2. The molecule has 1 rings (SSSR count). The van der Waals surface area contributed by atoms with Gasteiger partial charge in [-0.25, -0.2) is 0 Å². The molecule has 0 fully saturated rings. The molecule has 0 spiro atoms. The molecule has 0 atom stereocenters. The molecule has 0 saturated carbocycles. The minimum absolute atomic E-state index is 0.122. The van der Waals surface area contributed by atoms with Crippen molar-refractivity contribution in [1.29, 1.82) is 0 Å². The van der Waals surface area contributed by atoms with Gasteiger partial charge in [0.25, 0.3) is 5.56 Å². The maximum atomic E-state index is 11.9. The lowest BCUT2D eigenvalue weighted by atomic mass is 10.1. The van der Waals surface area contributed by atoms with Gasteiger partial charge >= 0.3 is 0 Å². The topological polar surface area (TPSA) is 45.2 Å². The summed E-state index contributed by atoms with van der Waals surface area (Å²) in [6, 6.07) is 9.37. The van der Waals surface area contributed by atoms with Crippen LogP contribution in [0, 0.1) is 13.8 Å². The van der Waals surface area contributed by atoms with Crippen LogP contribution in [0.1, 0.15) is 23.7 Å². The molecule has 0 amide bonds. The second-order valence-corrected chi connectivity index (χ2v) is 4.00. The third kappa shape index (κ3) is 3.70. The zero-order valence-electron chi connectivity index (χ0n) is 11.0. The Morgan fingerprint density at radius 3 is 2.44 bits per heavy atom. The van der Waals surface area contributed by atoms with Gasteiger partial charge in [-0.15, -0.1) is 0 Å². The average Bonchev–Trinajstić information content (AvgIpc) is 2.34. The van der Waals surface area contributed by atoms with Crippen molar-refractivity contribution in [3.8, 4) is 0 Å². The Balaban J connectivity index is 3.69. The van der Waals surface area contributed by atoms with Gasteiger partial charge in [0.05, 0.1) is 11.4 Å². The van der Waals surface area contributed by atoms with Crippen LogP contribution in [-0.4, -0.2) is 10.7 Å². The minimum atomic E-state index is -0.122. The van der Waals surface area contributed by atoms with Gasteiger partial charge in [0.1, 0.15) is 0 Å². The van der Waals surface area contributed by atoms with Crippen LogP contribution in [0.15, 0.2) is 52.9 Å². The number of hydrogen-bond acceptors (Lipinski definition) is 2. The van der Waals surface area contributed by atoms with Gasteiger partial charge < -0.3 is 4.98 Å². The van der Waals surface area contributed by atoms with Gasteiger partial charge in [0, 0.05) is 11.8 Å². The third-order valence-electron chi connectivity index (χ3n) is 2.55. The summed E-state index contributed by atoms with van der Waals surface area (Å²) < 4.78 is 0. The molecule has 1 aromatic heterocycles. The highest BCUT2D eigenvalue weighted by molar-refractivity contribution is 5.98. The maximum absolute atomic E-state index is 11.9. The van der Waals surface area contributed by atoms with E-state index in [1.807, 2.05) is 38.1 Å². The van der Waals surface area contributed by atoms with E-state index in [1.165, 1.54) is 6.20 Å². The van der Waals surface area contributed by atoms with E-state index < -0.39 is 0 Å². The summed E-state index contributed by atoms with van der Waals surface area (Å²) in [6.07, 6.45) is 1.47. The van der Waals surface area contributed by atoms with Crippen LogP contribution in [0.4, 0.5) is 0 Å². The van der Waals surface area contributed by atoms with Gasteiger partial charge in [-0.2, -0.15) is 0 Å². The molecular formula is C15H18N2O. The third-order valence-corrected chi connectivity index (χ3v) is 2.55. The van der Waals surface area contributed by atoms with Gasteiger partial charge in [-0.1, -0.05) is 36.9 Å². The lowest BCUT2D eigenvalue weighted by Gasteiger charge is -2.01. The summed E-state index contributed by atoms with van der Waals surface area (Å²) in [5, 5.41) is 0. The van der Waals surface area contributed by atoms with Crippen LogP contribution < -0.4 is 5.56 Å². The van der Waals surface area contributed by atoms with Crippen molar-refractivity contribution in [1.82, 2.24) is 4.98 Å². The quantitative estimate of drug-likeness (QED) is 0.796. The highest BCUT2D eigenvalue weighted by Gasteiger charge is 2.00. The van der Waals surface area contributed by atoms with Crippen LogP contribution in [-0.2, 0) is 0 Å². The van der Waals surface area contributed by atoms with E-state index in [0.717, 1.165) is 17.0 Å². The van der Waals surface area contributed by atoms with Crippen LogP contribution in [0.3, 0.4) is 0 Å². The highest BCUT2D eigenvalue weighted by Crippen LogP contribution is 2.02. The normalized spacial score (nSPS) is 10.7. The molecule has 0 bridgehead atoms.